The minimum absolute atomic E-state index is 0.0160. The number of nitrogens with one attached hydrogen (secondary N) is 2. The molecular formula is C13H17BrN2O2. The van der Waals surface area contributed by atoms with Crippen LogP contribution in [-0.2, 0) is 4.79 Å². The first kappa shape index (κ1) is 13.4. The molecule has 1 unspecified atom stereocenters. The highest BCUT2D eigenvalue weighted by Crippen LogP contribution is 2.15. The summed E-state index contributed by atoms with van der Waals surface area (Å²) in [5.74, 6) is 0.887. The van der Waals surface area contributed by atoms with Gasteiger partial charge in [-0.05, 0) is 43.7 Å². The van der Waals surface area contributed by atoms with Gasteiger partial charge >= 0.3 is 0 Å². The van der Waals surface area contributed by atoms with E-state index in [4.69, 9.17) is 4.74 Å². The first-order valence-electron chi connectivity index (χ1n) is 6.15. The van der Waals surface area contributed by atoms with E-state index in [9.17, 15) is 4.79 Å². The van der Waals surface area contributed by atoms with Gasteiger partial charge in [0.25, 0.3) is 0 Å². The lowest BCUT2D eigenvalue weighted by molar-refractivity contribution is -0.122. The van der Waals surface area contributed by atoms with Crippen molar-refractivity contribution in [1.82, 2.24) is 10.6 Å². The molecule has 5 heteroatoms. The third-order valence-corrected chi connectivity index (χ3v) is 3.39. The zero-order chi connectivity index (χ0) is 12.8. The summed E-state index contributed by atoms with van der Waals surface area (Å²) >= 11 is 3.36. The van der Waals surface area contributed by atoms with Gasteiger partial charge < -0.3 is 15.4 Å². The van der Waals surface area contributed by atoms with E-state index in [0.717, 1.165) is 29.6 Å². The van der Waals surface area contributed by atoms with Crippen LogP contribution in [0.1, 0.15) is 12.8 Å². The molecule has 0 radical (unpaired) electrons. The van der Waals surface area contributed by atoms with Crippen LogP contribution >= 0.6 is 15.9 Å². The van der Waals surface area contributed by atoms with Crippen molar-refractivity contribution in [1.29, 1.82) is 0 Å². The van der Waals surface area contributed by atoms with Gasteiger partial charge in [-0.1, -0.05) is 15.9 Å². The van der Waals surface area contributed by atoms with Crippen LogP contribution in [-0.4, -0.2) is 31.6 Å². The van der Waals surface area contributed by atoms with Crippen molar-refractivity contribution in [3.05, 3.63) is 28.7 Å². The van der Waals surface area contributed by atoms with Crippen molar-refractivity contribution >= 4 is 21.8 Å². The Morgan fingerprint density at radius 3 is 2.89 bits per heavy atom. The molecule has 1 saturated heterocycles. The average Bonchev–Trinajstić information content (AvgIpc) is 2.90. The van der Waals surface area contributed by atoms with Crippen molar-refractivity contribution in [2.24, 2.45) is 0 Å². The first-order valence-corrected chi connectivity index (χ1v) is 6.94. The molecule has 2 rings (SSSR count). The highest BCUT2D eigenvalue weighted by molar-refractivity contribution is 9.10. The van der Waals surface area contributed by atoms with Crippen molar-refractivity contribution < 1.29 is 9.53 Å². The number of ether oxygens (including phenoxy) is 1. The minimum atomic E-state index is -0.0160. The van der Waals surface area contributed by atoms with Crippen LogP contribution in [0.4, 0.5) is 0 Å². The van der Waals surface area contributed by atoms with Gasteiger partial charge in [-0.3, -0.25) is 4.79 Å². The lowest BCUT2D eigenvalue weighted by atomic mass is 10.2. The van der Waals surface area contributed by atoms with Gasteiger partial charge in [0.2, 0.25) is 5.91 Å². The molecule has 0 spiro atoms. The van der Waals surface area contributed by atoms with E-state index in [0.29, 0.717) is 13.2 Å². The monoisotopic (exact) mass is 312 g/mol. The Bertz CT molecular complexity index is 388. The number of carbonyl (C=O) groups excluding carboxylic acids is 1. The SMILES string of the molecule is O=C(NCCOc1ccc(Br)cc1)C1CCCN1. The molecule has 18 heavy (non-hydrogen) atoms. The highest BCUT2D eigenvalue weighted by Gasteiger charge is 2.21. The average molecular weight is 313 g/mol. The maximum absolute atomic E-state index is 11.7. The summed E-state index contributed by atoms with van der Waals surface area (Å²) in [5.41, 5.74) is 0. The molecule has 0 saturated carbocycles. The number of amides is 1. The summed E-state index contributed by atoms with van der Waals surface area (Å²) < 4.78 is 6.54. The second-order valence-corrected chi connectivity index (χ2v) is 5.16. The molecule has 1 aliphatic heterocycles. The van der Waals surface area contributed by atoms with E-state index in [1.807, 2.05) is 24.3 Å². The van der Waals surface area contributed by atoms with Crippen LogP contribution in [0.15, 0.2) is 28.7 Å². The van der Waals surface area contributed by atoms with E-state index >= 15 is 0 Å². The normalized spacial score (nSPS) is 18.6. The molecule has 0 bridgehead atoms. The molecule has 1 heterocycles. The van der Waals surface area contributed by atoms with Gasteiger partial charge in [-0.25, -0.2) is 0 Å². The predicted octanol–water partition coefficient (Wildman–Crippen LogP) is 1.70. The van der Waals surface area contributed by atoms with E-state index in [2.05, 4.69) is 26.6 Å². The zero-order valence-corrected chi connectivity index (χ0v) is 11.7. The fourth-order valence-corrected chi connectivity index (χ4v) is 2.17. The molecule has 1 atom stereocenters. The fraction of sp³-hybridized carbons (Fsp3) is 0.462. The van der Waals surface area contributed by atoms with Crippen LogP contribution in [0.25, 0.3) is 0 Å². The van der Waals surface area contributed by atoms with E-state index in [1.165, 1.54) is 0 Å². The highest BCUT2D eigenvalue weighted by atomic mass is 79.9. The van der Waals surface area contributed by atoms with Crippen molar-refractivity contribution in [3.63, 3.8) is 0 Å². The van der Waals surface area contributed by atoms with Crippen molar-refractivity contribution in [2.45, 2.75) is 18.9 Å². The molecule has 1 amide bonds. The summed E-state index contributed by atoms with van der Waals surface area (Å²) in [7, 11) is 0. The van der Waals surface area contributed by atoms with E-state index in [-0.39, 0.29) is 11.9 Å². The largest absolute Gasteiger partial charge is 0.492 e. The van der Waals surface area contributed by atoms with Crippen LogP contribution < -0.4 is 15.4 Å². The lowest BCUT2D eigenvalue weighted by Gasteiger charge is -2.11. The van der Waals surface area contributed by atoms with Crippen LogP contribution in [0.5, 0.6) is 5.75 Å². The minimum Gasteiger partial charge on any atom is -0.492 e. The number of halogens is 1. The summed E-state index contributed by atoms with van der Waals surface area (Å²) in [6, 6.07) is 7.62. The van der Waals surface area contributed by atoms with Gasteiger partial charge in [0.1, 0.15) is 12.4 Å². The third kappa shape index (κ3) is 3.99. The van der Waals surface area contributed by atoms with Crippen LogP contribution in [0.3, 0.4) is 0 Å². The molecule has 0 aromatic heterocycles. The quantitative estimate of drug-likeness (QED) is 0.814. The number of hydrogen-bond acceptors (Lipinski definition) is 3. The van der Waals surface area contributed by atoms with Gasteiger partial charge in [0.05, 0.1) is 12.6 Å². The van der Waals surface area contributed by atoms with Gasteiger partial charge in [0, 0.05) is 4.47 Å². The Kier molecular flexibility index (Phi) is 5.01. The molecule has 98 valence electrons. The predicted molar refractivity (Wildman–Crippen MR) is 73.7 cm³/mol. The Balaban J connectivity index is 1.63. The lowest BCUT2D eigenvalue weighted by Crippen LogP contribution is -2.41. The molecule has 4 nitrogen and oxygen atoms in total. The summed E-state index contributed by atoms with van der Waals surface area (Å²) in [6.45, 7) is 1.96. The van der Waals surface area contributed by atoms with Gasteiger partial charge in [-0.2, -0.15) is 0 Å². The topological polar surface area (TPSA) is 50.4 Å². The first-order chi connectivity index (χ1) is 8.75. The van der Waals surface area contributed by atoms with Crippen molar-refractivity contribution in [2.75, 3.05) is 19.7 Å². The smallest absolute Gasteiger partial charge is 0.237 e. The number of hydrogen-bond donors (Lipinski definition) is 2. The third-order valence-electron chi connectivity index (χ3n) is 2.86. The molecule has 1 fully saturated rings. The Hall–Kier alpha value is -1.07. The maximum Gasteiger partial charge on any atom is 0.237 e. The Morgan fingerprint density at radius 1 is 1.44 bits per heavy atom. The van der Waals surface area contributed by atoms with Gasteiger partial charge in [-0.15, -0.1) is 0 Å². The van der Waals surface area contributed by atoms with E-state index < -0.39 is 0 Å². The molecule has 1 aliphatic rings. The Labute approximate surface area is 115 Å². The molecule has 0 aliphatic carbocycles. The van der Waals surface area contributed by atoms with Crippen molar-refractivity contribution in [3.8, 4) is 5.75 Å². The Morgan fingerprint density at radius 2 is 2.22 bits per heavy atom. The standard InChI is InChI=1S/C13H17BrN2O2/c14-10-3-5-11(6-4-10)18-9-8-16-13(17)12-2-1-7-15-12/h3-6,12,15H,1-2,7-9H2,(H,16,17). The fourth-order valence-electron chi connectivity index (χ4n) is 1.91. The zero-order valence-electron chi connectivity index (χ0n) is 10.1. The molecule has 2 N–H and O–H groups in total. The van der Waals surface area contributed by atoms with Gasteiger partial charge in [0.15, 0.2) is 0 Å². The summed E-state index contributed by atoms with van der Waals surface area (Å²) in [6.07, 6.45) is 2.01. The molecule has 1 aromatic carbocycles. The second kappa shape index (κ2) is 6.75. The molecule has 1 aromatic rings. The number of carbonyl (C=O) groups is 1. The van der Waals surface area contributed by atoms with Crippen LogP contribution in [0.2, 0.25) is 0 Å². The van der Waals surface area contributed by atoms with Crippen LogP contribution in [0, 0.1) is 0 Å². The number of rotatable bonds is 5. The van der Waals surface area contributed by atoms with E-state index in [1.54, 1.807) is 0 Å². The summed E-state index contributed by atoms with van der Waals surface area (Å²) in [4.78, 5) is 11.7. The molecular weight excluding hydrogens is 296 g/mol. The number of benzene rings is 1. The second-order valence-electron chi connectivity index (χ2n) is 4.24. The summed E-state index contributed by atoms with van der Waals surface area (Å²) in [5, 5.41) is 6.03. The maximum atomic E-state index is 11.7.